The number of ether oxygens (including phenoxy) is 1. The zero-order valence-electron chi connectivity index (χ0n) is 8.49. The average molecular weight is 308 g/mol. The quantitative estimate of drug-likeness (QED) is 0.814. The van der Waals surface area contributed by atoms with Gasteiger partial charge in [-0.3, -0.25) is 0 Å². The number of rotatable bonds is 2. The molecule has 0 radical (unpaired) electrons. The van der Waals surface area contributed by atoms with Gasteiger partial charge in [-0.2, -0.15) is 0 Å². The van der Waals surface area contributed by atoms with Crippen molar-refractivity contribution in [3.8, 4) is 0 Å². The van der Waals surface area contributed by atoms with Crippen LogP contribution in [0.25, 0.3) is 0 Å². The number of aromatic nitrogens is 1. The van der Waals surface area contributed by atoms with Crippen molar-refractivity contribution >= 4 is 27.5 Å². The van der Waals surface area contributed by atoms with Gasteiger partial charge in [-0.05, 0) is 33.6 Å². The van der Waals surface area contributed by atoms with Crippen molar-refractivity contribution < 1.29 is 9.84 Å². The number of aliphatic hydroxyl groups excluding tert-OH is 1. The molecule has 1 aromatic heterocycles. The molecule has 1 aliphatic rings. The molecule has 1 saturated heterocycles. The Morgan fingerprint density at radius 1 is 1.56 bits per heavy atom. The lowest BCUT2D eigenvalue weighted by molar-refractivity contribution is -0.0621. The molecule has 1 aliphatic heterocycles. The van der Waals surface area contributed by atoms with Gasteiger partial charge >= 0.3 is 0 Å². The summed E-state index contributed by atoms with van der Waals surface area (Å²) in [6.45, 7) is 1.40. The second-order valence-corrected chi connectivity index (χ2v) is 4.83. The van der Waals surface area contributed by atoms with Crippen molar-refractivity contribution in [2.24, 2.45) is 0 Å². The van der Waals surface area contributed by atoms with E-state index in [-0.39, 0.29) is 18.8 Å². The molecule has 2 heterocycles. The van der Waals surface area contributed by atoms with E-state index >= 15 is 0 Å². The van der Waals surface area contributed by atoms with E-state index in [1.807, 2.05) is 6.07 Å². The third-order valence-corrected chi connectivity index (χ3v) is 3.02. The van der Waals surface area contributed by atoms with Gasteiger partial charge in [-0.1, -0.05) is 11.6 Å². The van der Waals surface area contributed by atoms with Crippen LogP contribution in [0.3, 0.4) is 0 Å². The van der Waals surface area contributed by atoms with Gasteiger partial charge in [0.05, 0.1) is 18.8 Å². The highest BCUT2D eigenvalue weighted by Crippen LogP contribution is 2.25. The Balaban J connectivity index is 2.16. The van der Waals surface area contributed by atoms with Gasteiger partial charge in [0.2, 0.25) is 0 Å². The Morgan fingerprint density at radius 2 is 2.38 bits per heavy atom. The number of pyridine rings is 1. The van der Waals surface area contributed by atoms with Crippen molar-refractivity contribution in [1.82, 2.24) is 10.3 Å². The summed E-state index contributed by atoms with van der Waals surface area (Å²) >= 11 is 9.16. The van der Waals surface area contributed by atoms with Gasteiger partial charge in [-0.25, -0.2) is 4.98 Å². The SMILES string of the molecule is OC[C@@H]1CNC[C@@H](c2cc(Cl)nc(Br)c2)O1. The molecule has 0 saturated carbocycles. The molecule has 2 atom stereocenters. The maximum atomic E-state index is 9.05. The van der Waals surface area contributed by atoms with Crippen LogP contribution < -0.4 is 5.32 Å². The highest BCUT2D eigenvalue weighted by atomic mass is 79.9. The maximum Gasteiger partial charge on any atom is 0.130 e. The normalized spacial score (nSPS) is 25.7. The minimum Gasteiger partial charge on any atom is -0.394 e. The Labute approximate surface area is 107 Å². The molecular weight excluding hydrogens is 295 g/mol. The molecule has 0 spiro atoms. The summed E-state index contributed by atoms with van der Waals surface area (Å²) in [7, 11) is 0. The summed E-state index contributed by atoms with van der Waals surface area (Å²) in [5, 5.41) is 12.7. The molecule has 6 heteroatoms. The van der Waals surface area contributed by atoms with Crippen LogP contribution in [0, 0.1) is 0 Å². The predicted molar refractivity (Wildman–Crippen MR) is 64.5 cm³/mol. The fourth-order valence-electron chi connectivity index (χ4n) is 1.68. The van der Waals surface area contributed by atoms with Crippen LogP contribution in [0.4, 0.5) is 0 Å². The first kappa shape index (κ1) is 12.3. The lowest BCUT2D eigenvalue weighted by Crippen LogP contribution is -2.42. The third-order valence-electron chi connectivity index (χ3n) is 2.42. The lowest BCUT2D eigenvalue weighted by atomic mass is 10.1. The molecule has 2 N–H and O–H groups in total. The van der Waals surface area contributed by atoms with Gasteiger partial charge in [0.25, 0.3) is 0 Å². The highest BCUT2D eigenvalue weighted by Gasteiger charge is 2.23. The fraction of sp³-hybridized carbons (Fsp3) is 0.500. The Morgan fingerprint density at radius 3 is 3.06 bits per heavy atom. The van der Waals surface area contributed by atoms with Crippen LogP contribution in [-0.2, 0) is 4.74 Å². The third kappa shape index (κ3) is 2.93. The van der Waals surface area contributed by atoms with Gasteiger partial charge < -0.3 is 15.2 Å². The maximum absolute atomic E-state index is 9.05. The van der Waals surface area contributed by atoms with Gasteiger partial charge in [0.1, 0.15) is 9.76 Å². The second kappa shape index (κ2) is 5.42. The lowest BCUT2D eigenvalue weighted by Gasteiger charge is -2.30. The number of aliphatic hydroxyl groups is 1. The van der Waals surface area contributed by atoms with Crippen LogP contribution in [0.5, 0.6) is 0 Å². The molecule has 0 bridgehead atoms. The van der Waals surface area contributed by atoms with Crippen molar-refractivity contribution in [3.05, 3.63) is 27.5 Å². The van der Waals surface area contributed by atoms with Gasteiger partial charge in [-0.15, -0.1) is 0 Å². The minimum atomic E-state index is -0.163. The number of nitrogens with zero attached hydrogens (tertiary/aromatic N) is 1. The zero-order valence-corrected chi connectivity index (χ0v) is 10.8. The highest BCUT2D eigenvalue weighted by molar-refractivity contribution is 9.10. The molecule has 2 rings (SSSR count). The smallest absolute Gasteiger partial charge is 0.130 e. The predicted octanol–water partition coefficient (Wildman–Crippen LogP) is 1.52. The van der Waals surface area contributed by atoms with Crippen LogP contribution in [0.15, 0.2) is 16.7 Å². The molecule has 0 aliphatic carbocycles. The summed E-state index contributed by atoms with van der Waals surface area (Å²) in [5.74, 6) is 0. The van der Waals surface area contributed by atoms with E-state index in [2.05, 4.69) is 26.2 Å². The molecule has 4 nitrogen and oxygen atoms in total. The summed E-state index contributed by atoms with van der Waals surface area (Å²) in [5.41, 5.74) is 0.956. The Bertz CT molecular complexity index is 358. The molecule has 1 aromatic rings. The monoisotopic (exact) mass is 306 g/mol. The standard InChI is InChI=1S/C10H12BrClN2O2/c11-9-1-6(2-10(12)14-9)8-4-13-3-7(5-15)16-8/h1-2,7-8,13,15H,3-5H2/t7-,8-/m0/s1. The topological polar surface area (TPSA) is 54.4 Å². The van der Waals surface area contributed by atoms with Crippen molar-refractivity contribution in [2.45, 2.75) is 12.2 Å². The molecule has 0 amide bonds. The number of hydrogen-bond donors (Lipinski definition) is 2. The van der Waals surface area contributed by atoms with E-state index in [9.17, 15) is 0 Å². The van der Waals surface area contributed by atoms with E-state index in [1.165, 1.54) is 0 Å². The molecule has 0 aromatic carbocycles. The van der Waals surface area contributed by atoms with E-state index in [0.717, 1.165) is 5.56 Å². The summed E-state index contributed by atoms with van der Waals surface area (Å²) in [6, 6.07) is 3.65. The van der Waals surface area contributed by atoms with Crippen LogP contribution >= 0.6 is 27.5 Å². The molecule has 88 valence electrons. The summed E-state index contributed by atoms with van der Waals surface area (Å²) < 4.78 is 6.40. The van der Waals surface area contributed by atoms with Crippen LogP contribution in [0.1, 0.15) is 11.7 Å². The molecular formula is C10H12BrClN2O2. The van der Waals surface area contributed by atoms with E-state index < -0.39 is 0 Å². The van der Waals surface area contributed by atoms with Crippen LogP contribution in [0.2, 0.25) is 5.15 Å². The summed E-state index contributed by atoms with van der Waals surface area (Å²) in [6.07, 6.45) is -0.257. The van der Waals surface area contributed by atoms with E-state index in [4.69, 9.17) is 21.4 Å². The molecule has 16 heavy (non-hydrogen) atoms. The number of nitrogens with one attached hydrogen (secondary N) is 1. The first-order valence-electron chi connectivity index (χ1n) is 4.99. The molecule has 0 unspecified atom stereocenters. The Kier molecular flexibility index (Phi) is 4.16. The number of hydrogen-bond acceptors (Lipinski definition) is 4. The first-order chi connectivity index (χ1) is 7.69. The second-order valence-electron chi connectivity index (χ2n) is 3.63. The van der Waals surface area contributed by atoms with E-state index in [1.54, 1.807) is 6.07 Å². The average Bonchev–Trinajstić information content (AvgIpc) is 2.28. The van der Waals surface area contributed by atoms with Crippen LogP contribution in [-0.4, -0.2) is 35.9 Å². The first-order valence-corrected chi connectivity index (χ1v) is 6.16. The van der Waals surface area contributed by atoms with Gasteiger partial charge in [0, 0.05) is 13.1 Å². The molecule has 1 fully saturated rings. The van der Waals surface area contributed by atoms with Crippen molar-refractivity contribution in [1.29, 1.82) is 0 Å². The number of morpholine rings is 1. The van der Waals surface area contributed by atoms with E-state index in [0.29, 0.717) is 22.8 Å². The zero-order chi connectivity index (χ0) is 11.5. The largest absolute Gasteiger partial charge is 0.394 e. The fourth-order valence-corrected chi connectivity index (χ4v) is 2.45. The van der Waals surface area contributed by atoms with Crippen molar-refractivity contribution in [3.63, 3.8) is 0 Å². The summed E-state index contributed by atoms with van der Waals surface area (Å²) in [4.78, 5) is 4.03. The Hall–Kier alpha value is -0.200. The minimum absolute atomic E-state index is 0.0173. The van der Waals surface area contributed by atoms with Gasteiger partial charge in [0.15, 0.2) is 0 Å². The van der Waals surface area contributed by atoms with Crippen molar-refractivity contribution in [2.75, 3.05) is 19.7 Å². The number of halogens is 2.